The zero-order valence-corrected chi connectivity index (χ0v) is 14.0. The van der Waals surface area contributed by atoms with Crippen LogP contribution in [0.15, 0.2) is 11.1 Å². The van der Waals surface area contributed by atoms with Gasteiger partial charge in [-0.25, -0.2) is 0 Å². The first-order valence-corrected chi connectivity index (χ1v) is 8.20. The molecule has 2 nitrogen and oxygen atoms in total. The van der Waals surface area contributed by atoms with Crippen LogP contribution >= 0.6 is 0 Å². The van der Waals surface area contributed by atoms with Crippen molar-refractivity contribution in [1.29, 1.82) is 0 Å². The number of aromatic hydroxyl groups is 1. The van der Waals surface area contributed by atoms with E-state index in [1.54, 1.807) is 0 Å². The quantitative estimate of drug-likeness (QED) is 0.736. The fourth-order valence-electron chi connectivity index (χ4n) is 4.40. The Balaban J connectivity index is 2.27. The highest BCUT2D eigenvalue weighted by molar-refractivity contribution is 6.10. The molecule has 2 unspecified atom stereocenters. The average molecular weight is 285 g/mol. The second-order valence-corrected chi connectivity index (χ2v) is 7.73. The van der Waals surface area contributed by atoms with Crippen LogP contribution in [0.5, 0.6) is 5.75 Å². The lowest BCUT2D eigenvalue weighted by molar-refractivity contribution is 0.391. The standard InChI is InChI=1S/C19H27NO/c1-11-10-14(19(2,3)4)18(21)16-15(11)12-8-6-7-9-13(12)17(16)20-5/h10,12-13,21H,6-9H2,1-5H3. The van der Waals surface area contributed by atoms with Crippen molar-refractivity contribution in [3.05, 3.63) is 28.3 Å². The van der Waals surface area contributed by atoms with Gasteiger partial charge in [-0.2, -0.15) is 0 Å². The van der Waals surface area contributed by atoms with Gasteiger partial charge in [0, 0.05) is 29.8 Å². The number of fused-ring (bicyclic) bond motifs is 3. The molecule has 0 heterocycles. The van der Waals surface area contributed by atoms with Crippen LogP contribution < -0.4 is 0 Å². The predicted molar refractivity (Wildman–Crippen MR) is 88.7 cm³/mol. The molecule has 0 aliphatic heterocycles. The normalized spacial score (nSPS) is 26.8. The molecule has 1 N–H and O–H groups in total. The fraction of sp³-hybridized carbons (Fsp3) is 0.632. The molecule has 1 saturated carbocycles. The molecule has 2 atom stereocenters. The Morgan fingerprint density at radius 3 is 2.33 bits per heavy atom. The van der Waals surface area contributed by atoms with Gasteiger partial charge in [0.2, 0.25) is 0 Å². The van der Waals surface area contributed by atoms with Crippen LogP contribution in [0, 0.1) is 12.8 Å². The fourth-order valence-corrected chi connectivity index (χ4v) is 4.40. The summed E-state index contributed by atoms with van der Waals surface area (Å²) < 4.78 is 0. The van der Waals surface area contributed by atoms with Crippen LogP contribution in [0.4, 0.5) is 0 Å². The van der Waals surface area contributed by atoms with Crippen LogP contribution in [0.2, 0.25) is 0 Å². The average Bonchev–Trinajstić information content (AvgIpc) is 2.76. The second kappa shape index (κ2) is 4.86. The zero-order valence-electron chi connectivity index (χ0n) is 14.0. The summed E-state index contributed by atoms with van der Waals surface area (Å²) in [6, 6.07) is 2.21. The number of phenolic OH excluding ortho intramolecular Hbond substituents is 1. The van der Waals surface area contributed by atoms with Crippen LogP contribution in [-0.2, 0) is 5.41 Å². The van der Waals surface area contributed by atoms with E-state index in [0.29, 0.717) is 17.6 Å². The smallest absolute Gasteiger partial charge is 0.128 e. The van der Waals surface area contributed by atoms with Crippen molar-refractivity contribution in [2.75, 3.05) is 7.05 Å². The molecular weight excluding hydrogens is 258 g/mol. The zero-order chi connectivity index (χ0) is 15.4. The van der Waals surface area contributed by atoms with E-state index in [1.165, 1.54) is 36.8 Å². The summed E-state index contributed by atoms with van der Waals surface area (Å²) in [5.41, 5.74) is 5.95. The van der Waals surface area contributed by atoms with Crippen LogP contribution in [-0.4, -0.2) is 17.9 Å². The Labute approximate surface area is 128 Å². The number of rotatable bonds is 0. The Hall–Kier alpha value is -1.31. The lowest BCUT2D eigenvalue weighted by Gasteiger charge is -2.27. The molecule has 2 heteroatoms. The highest BCUT2D eigenvalue weighted by atomic mass is 16.3. The van der Waals surface area contributed by atoms with E-state index in [1.807, 2.05) is 7.05 Å². The van der Waals surface area contributed by atoms with E-state index in [4.69, 9.17) is 0 Å². The van der Waals surface area contributed by atoms with E-state index in [-0.39, 0.29) is 5.41 Å². The number of hydrogen-bond acceptors (Lipinski definition) is 2. The Morgan fingerprint density at radius 2 is 1.76 bits per heavy atom. The van der Waals surface area contributed by atoms with Gasteiger partial charge in [-0.15, -0.1) is 0 Å². The summed E-state index contributed by atoms with van der Waals surface area (Å²) in [6.07, 6.45) is 5.06. The predicted octanol–water partition coefficient (Wildman–Crippen LogP) is 4.70. The molecule has 0 aromatic heterocycles. The Kier molecular flexibility index (Phi) is 3.38. The van der Waals surface area contributed by atoms with Crippen molar-refractivity contribution in [3.63, 3.8) is 0 Å². The lowest BCUT2D eigenvalue weighted by atomic mass is 9.78. The third kappa shape index (κ3) is 2.11. The van der Waals surface area contributed by atoms with Crippen molar-refractivity contribution in [1.82, 2.24) is 0 Å². The summed E-state index contributed by atoms with van der Waals surface area (Å²) in [5.74, 6) is 1.59. The summed E-state index contributed by atoms with van der Waals surface area (Å²) in [4.78, 5) is 4.59. The van der Waals surface area contributed by atoms with Gasteiger partial charge in [0.25, 0.3) is 0 Å². The molecule has 1 aromatic rings. The summed E-state index contributed by atoms with van der Waals surface area (Å²) >= 11 is 0. The summed E-state index contributed by atoms with van der Waals surface area (Å²) in [6.45, 7) is 8.70. The number of aliphatic imine (C=N–C) groups is 1. The molecule has 21 heavy (non-hydrogen) atoms. The highest BCUT2D eigenvalue weighted by Gasteiger charge is 2.42. The van der Waals surface area contributed by atoms with Gasteiger partial charge < -0.3 is 5.11 Å². The van der Waals surface area contributed by atoms with Crippen molar-refractivity contribution in [2.24, 2.45) is 10.9 Å². The maximum absolute atomic E-state index is 10.9. The van der Waals surface area contributed by atoms with Crippen molar-refractivity contribution in [3.8, 4) is 5.75 Å². The molecule has 0 saturated heterocycles. The van der Waals surface area contributed by atoms with Gasteiger partial charge in [-0.05, 0) is 42.2 Å². The molecule has 2 aliphatic rings. The first-order chi connectivity index (χ1) is 9.86. The molecule has 3 rings (SSSR count). The van der Waals surface area contributed by atoms with Crippen LogP contribution in [0.1, 0.15) is 74.6 Å². The minimum atomic E-state index is -0.0452. The maximum atomic E-state index is 10.9. The third-order valence-electron chi connectivity index (χ3n) is 5.34. The van der Waals surface area contributed by atoms with Crippen molar-refractivity contribution in [2.45, 2.75) is 64.7 Å². The maximum Gasteiger partial charge on any atom is 0.128 e. The van der Waals surface area contributed by atoms with Gasteiger partial charge in [0.05, 0.1) is 0 Å². The number of nitrogens with zero attached hydrogens (tertiary/aromatic N) is 1. The second-order valence-electron chi connectivity index (χ2n) is 7.73. The number of benzene rings is 1. The first-order valence-electron chi connectivity index (χ1n) is 8.20. The van der Waals surface area contributed by atoms with Gasteiger partial charge in [-0.3, -0.25) is 4.99 Å². The Bertz CT molecular complexity index is 607. The largest absolute Gasteiger partial charge is 0.507 e. The van der Waals surface area contributed by atoms with Crippen LogP contribution in [0.25, 0.3) is 0 Å². The minimum absolute atomic E-state index is 0.0452. The molecule has 2 aliphatic carbocycles. The van der Waals surface area contributed by atoms with Gasteiger partial charge in [0.15, 0.2) is 0 Å². The molecule has 0 spiro atoms. The van der Waals surface area contributed by atoms with Gasteiger partial charge >= 0.3 is 0 Å². The molecule has 0 amide bonds. The summed E-state index contributed by atoms with van der Waals surface area (Å²) in [5, 5.41) is 10.9. The highest BCUT2D eigenvalue weighted by Crippen LogP contribution is 2.52. The molecule has 0 radical (unpaired) electrons. The Morgan fingerprint density at radius 1 is 1.14 bits per heavy atom. The van der Waals surface area contributed by atoms with Gasteiger partial charge in [-0.1, -0.05) is 39.7 Å². The number of aryl methyl sites for hydroxylation is 1. The number of phenols is 1. The molecular formula is C19H27NO. The molecule has 1 fully saturated rings. The minimum Gasteiger partial charge on any atom is -0.507 e. The van der Waals surface area contributed by atoms with E-state index in [9.17, 15) is 5.11 Å². The number of hydrogen-bond donors (Lipinski definition) is 1. The third-order valence-corrected chi connectivity index (χ3v) is 5.34. The monoisotopic (exact) mass is 285 g/mol. The topological polar surface area (TPSA) is 32.6 Å². The van der Waals surface area contributed by atoms with E-state index in [0.717, 1.165) is 16.8 Å². The molecule has 0 bridgehead atoms. The van der Waals surface area contributed by atoms with Crippen molar-refractivity contribution < 1.29 is 5.11 Å². The van der Waals surface area contributed by atoms with E-state index < -0.39 is 0 Å². The van der Waals surface area contributed by atoms with Crippen molar-refractivity contribution >= 4 is 5.71 Å². The lowest BCUT2D eigenvalue weighted by Crippen LogP contribution is -2.18. The molecule has 1 aromatic carbocycles. The first kappa shape index (κ1) is 14.6. The van der Waals surface area contributed by atoms with E-state index >= 15 is 0 Å². The van der Waals surface area contributed by atoms with Crippen LogP contribution in [0.3, 0.4) is 0 Å². The SMILES string of the molecule is CN=C1c2c(O)c(C(C)(C)C)cc(C)c2C2CCCCC12. The molecule has 114 valence electrons. The summed E-state index contributed by atoms with van der Waals surface area (Å²) in [7, 11) is 1.88. The van der Waals surface area contributed by atoms with Gasteiger partial charge in [0.1, 0.15) is 5.75 Å². The van der Waals surface area contributed by atoms with E-state index in [2.05, 4.69) is 38.8 Å².